The number of hydrogen-bond acceptors (Lipinski definition) is 5. The average Bonchev–Trinajstić information content (AvgIpc) is 2.74. The Balaban J connectivity index is 1.99. The summed E-state index contributed by atoms with van der Waals surface area (Å²) in [6.07, 6.45) is -10.2. The van der Waals surface area contributed by atoms with Gasteiger partial charge in [-0.1, -0.05) is 0 Å². The summed E-state index contributed by atoms with van der Waals surface area (Å²) in [6.45, 7) is 0. The molecule has 4 N–H and O–H groups in total. The molecule has 0 atom stereocenters. The molecule has 0 saturated heterocycles. The molecule has 3 rings (SSSR count). The van der Waals surface area contributed by atoms with Crippen molar-refractivity contribution in [2.24, 2.45) is 5.73 Å². The summed E-state index contributed by atoms with van der Waals surface area (Å²) in [7, 11) is 0. The Morgan fingerprint density at radius 1 is 0.889 bits per heavy atom. The lowest BCUT2D eigenvalue weighted by molar-refractivity contribution is -0.274. The van der Waals surface area contributed by atoms with Gasteiger partial charge in [0, 0.05) is 5.69 Å². The third-order valence-electron chi connectivity index (χ3n) is 4.44. The van der Waals surface area contributed by atoms with Gasteiger partial charge in [0.05, 0.1) is 11.1 Å². The number of carbonyl (C=O) groups excluding carboxylic acids is 2. The van der Waals surface area contributed by atoms with E-state index < -0.39 is 64.1 Å². The van der Waals surface area contributed by atoms with Gasteiger partial charge in [0.15, 0.2) is 5.82 Å². The molecule has 0 aliphatic rings. The molecule has 0 unspecified atom stereocenters. The van der Waals surface area contributed by atoms with Crippen molar-refractivity contribution in [3.63, 3.8) is 0 Å². The van der Waals surface area contributed by atoms with Crippen LogP contribution < -0.4 is 20.5 Å². The zero-order valence-electron chi connectivity index (χ0n) is 17.5. The van der Waals surface area contributed by atoms with Crippen LogP contribution in [0, 0.1) is 5.82 Å². The maximum absolute atomic E-state index is 14.9. The summed E-state index contributed by atoms with van der Waals surface area (Å²) in [6, 6.07) is 7.41. The lowest BCUT2D eigenvalue weighted by Crippen LogP contribution is -2.19. The van der Waals surface area contributed by atoms with Crippen molar-refractivity contribution in [2.45, 2.75) is 12.5 Å². The van der Waals surface area contributed by atoms with E-state index in [-0.39, 0.29) is 11.4 Å². The van der Waals surface area contributed by atoms with Gasteiger partial charge in [-0.15, -0.1) is 13.2 Å². The van der Waals surface area contributed by atoms with Gasteiger partial charge >= 0.3 is 12.5 Å². The summed E-state index contributed by atoms with van der Waals surface area (Å²) in [4.78, 5) is 24.1. The Labute approximate surface area is 196 Å². The van der Waals surface area contributed by atoms with Crippen molar-refractivity contribution in [1.29, 1.82) is 0 Å². The summed E-state index contributed by atoms with van der Waals surface area (Å²) < 4.78 is 101. The Kier molecular flexibility index (Phi) is 6.99. The number of rotatable bonds is 6. The number of primary amides is 1. The normalized spacial score (nSPS) is 11.6. The number of nitrogens with one attached hydrogen (secondary N) is 1. The number of alkyl halides is 6. The van der Waals surface area contributed by atoms with Crippen molar-refractivity contribution in [2.75, 3.05) is 5.32 Å². The van der Waals surface area contributed by atoms with Crippen LogP contribution in [0.1, 0.15) is 26.3 Å². The van der Waals surface area contributed by atoms with Crippen molar-refractivity contribution in [1.82, 2.24) is 0 Å². The topological polar surface area (TPSA) is 111 Å². The van der Waals surface area contributed by atoms with Gasteiger partial charge in [0.1, 0.15) is 28.6 Å². The first-order valence-corrected chi connectivity index (χ1v) is 9.53. The Hall–Kier alpha value is -4.49. The predicted octanol–water partition coefficient (Wildman–Crippen LogP) is 5.59. The van der Waals surface area contributed by atoms with Gasteiger partial charge in [0.2, 0.25) is 0 Å². The summed E-state index contributed by atoms with van der Waals surface area (Å²) in [5, 5.41) is 11.7. The number of carbonyl (C=O) groups is 2. The highest BCUT2D eigenvalue weighted by Gasteiger charge is 2.37. The summed E-state index contributed by atoms with van der Waals surface area (Å²) >= 11 is 0. The van der Waals surface area contributed by atoms with Crippen LogP contribution in [0.25, 0.3) is 0 Å². The second-order valence-electron chi connectivity index (χ2n) is 6.97. The molecule has 0 bridgehead atoms. The minimum absolute atomic E-state index is 0.233. The monoisotopic (exact) mass is 518 g/mol. The fraction of sp³-hybridized carbons (Fsp3) is 0.0909. The van der Waals surface area contributed by atoms with Gasteiger partial charge < -0.3 is 25.6 Å². The molecule has 3 aromatic rings. The summed E-state index contributed by atoms with van der Waals surface area (Å²) in [5.41, 5.74) is 1.42. The predicted molar refractivity (Wildman–Crippen MR) is 109 cm³/mol. The smallest absolute Gasteiger partial charge is 0.507 e. The van der Waals surface area contributed by atoms with Crippen LogP contribution >= 0.6 is 0 Å². The third kappa shape index (κ3) is 6.14. The molecular weight excluding hydrogens is 505 g/mol. The molecule has 0 aliphatic heterocycles. The molecule has 0 saturated carbocycles. The Morgan fingerprint density at radius 2 is 1.50 bits per heavy atom. The molecule has 36 heavy (non-hydrogen) atoms. The van der Waals surface area contributed by atoms with Gasteiger partial charge in [-0.05, 0) is 54.6 Å². The summed E-state index contributed by atoms with van der Waals surface area (Å²) in [5.74, 6) is -6.68. The first kappa shape index (κ1) is 26.1. The van der Waals surface area contributed by atoms with Crippen LogP contribution in [0.5, 0.6) is 23.0 Å². The second-order valence-corrected chi connectivity index (χ2v) is 6.97. The first-order valence-electron chi connectivity index (χ1n) is 9.53. The van der Waals surface area contributed by atoms with Crippen molar-refractivity contribution in [3.8, 4) is 23.0 Å². The fourth-order valence-corrected chi connectivity index (χ4v) is 2.91. The van der Waals surface area contributed by atoms with E-state index in [2.05, 4.69) is 10.1 Å². The molecule has 0 aromatic heterocycles. The average molecular weight is 518 g/mol. The highest BCUT2D eigenvalue weighted by atomic mass is 19.4. The first-order chi connectivity index (χ1) is 16.7. The van der Waals surface area contributed by atoms with Crippen LogP contribution in [-0.2, 0) is 6.18 Å². The zero-order valence-corrected chi connectivity index (χ0v) is 17.5. The molecule has 3 aromatic carbocycles. The number of amides is 2. The molecule has 0 spiro atoms. The van der Waals surface area contributed by atoms with Crippen molar-refractivity contribution >= 4 is 17.5 Å². The number of nitrogens with two attached hydrogens (primary N) is 1. The van der Waals surface area contributed by atoms with Crippen LogP contribution in [-0.4, -0.2) is 23.3 Å². The van der Waals surface area contributed by atoms with Gasteiger partial charge in [-0.3, -0.25) is 9.59 Å². The SMILES string of the molecule is NC(=O)c1cc(NC(=O)c2c(Oc3ccc(OC(F)(F)F)cc3)ccc(C(F)(F)F)c2F)ccc1O. The second kappa shape index (κ2) is 9.64. The molecule has 7 nitrogen and oxygen atoms in total. The van der Waals surface area contributed by atoms with E-state index in [1.807, 2.05) is 0 Å². The maximum atomic E-state index is 14.9. The highest BCUT2D eigenvalue weighted by molar-refractivity contribution is 6.07. The number of anilines is 1. The largest absolute Gasteiger partial charge is 0.573 e. The maximum Gasteiger partial charge on any atom is 0.573 e. The number of ether oxygens (including phenoxy) is 2. The lowest BCUT2D eigenvalue weighted by Gasteiger charge is -2.16. The fourth-order valence-electron chi connectivity index (χ4n) is 2.91. The number of hydrogen-bond donors (Lipinski definition) is 3. The highest BCUT2D eigenvalue weighted by Crippen LogP contribution is 2.38. The Bertz CT molecular complexity index is 1310. The van der Waals surface area contributed by atoms with Gasteiger partial charge in [-0.25, -0.2) is 4.39 Å². The zero-order chi connectivity index (χ0) is 26.8. The lowest BCUT2D eigenvalue weighted by atomic mass is 10.1. The van der Waals surface area contributed by atoms with E-state index in [1.165, 1.54) is 0 Å². The van der Waals surface area contributed by atoms with Crippen molar-refractivity contribution in [3.05, 3.63) is 77.1 Å². The van der Waals surface area contributed by atoms with Gasteiger partial charge in [0.25, 0.3) is 11.8 Å². The van der Waals surface area contributed by atoms with E-state index >= 15 is 0 Å². The van der Waals surface area contributed by atoms with E-state index in [9.17, 15) is 45.4 Å². The molecular formula is C22H13F7N2O5. The number of aromatic hydroxyl groups is 1. The van der Waals surface area contributed by atoms with Crippen molar-refractivity contribution < 1.29 is 54.9 Å². The third-order valence-corrected chi connectivity index (χ3v) is 4.44. The molecule has 190 valence electrons. The molecule has 0 heterocycles. The van der Waals surface area contributed by atoms with Gasteiger partial charge in [-0.2, -0.15) is 13.2 Å². The molecule has 0 radical (unpaired) electrons. The number of phenols is 1. The minimum Gasteiger partial charge on any atom is -0.507 e. The quantitative estimate of drug-likeness (QED) is 0.291. The van der Waals surface area contributed by atoms with E-state index in [0.717, 1.165) is 42.5 Å². The van der Waals surface area contributed by atoms with Crippen LogP contribution in [0.15, 0.2) is 54.6 Å². The minimum atomic E-state index is -5.19. The van der Waals surface area contributed by atoms with Crippen LogP contribution in [0.4, 0.5) is 36.4 Å². The molecule has 0 aliphatic carbocycles. The Morgan fingerprint density at radius 3 is 2.06 bits per heavy atom. The standard InChI is InChI=1S/C22H13F7N2O5/c23-18-14(21(24,25)26)6-8-16(35-11-2-4-12(5-3-11)36-22(27,28)29)17(18)20(34)31-10-1-7-15(32)13(9-10)19(30)33/h1-9,32H,(H2,30,33)(H,31,34). The van der Waals surface area contributed by atoms with E-state index in [1.54, 1.807) is 0 Å². The molecule has 14 heteroatoms. The van der Waals surface area contributed by atoms with Crippen LogP contribution in [0.3, 0.4) is 0 Å². The molecule has 2 amide bonds. The van der Waals surface area contributed by atoms with E-state index in [4.69, 9.17) is 10.5 Å². The number of halogens is 7. The number of benzene rings is 3. The van der Waals surface area contributed by atoms with Crippen LogP contribution in [0.2, 0.25) is 0 Å². The molecule has 0 fully saturated rings. The van der Waals surface area contributed by atoms with E-state index in [0.29, 0.717) is 12.1 Å².